The van der Waals surface area contributed by atoms with Gasteiger partial charge in [0.05, 0.1) is 12.2 Å². The first-order valence-corrected chi connectivity index (χ1v) is 10.6. The molecule has 2 N–H and O–H groups in total. The van der Waals surface area contributed by atoms with E-state index in [4.69, 9.17) is 0 Å². The van der Waals surface area contributed by atoms with Crippen LogP contribution in [0.1, 0.15) is 33.6 Å². The molecule has 7 nitrogen and oxygen atoms in total. The van der Waals surface area contributed by atoms with Crippen LogP contribution in [-0.4, -0.2) is 39.3 Å². The molecule has 0 saturated carbocycles. The lowest BCUT2D eigenvalue weighted by atomic mass is 9.92. The lowest BCUT2D eigenvalue weighted by molar-refractivity contribution is 0.0939. The lowest BCUT2D eigenvalue weighted by Gasteiger charge is -2.23. The Morgan fingerprint density at radius 2 is 1.75 bits per heavy atom. The van der Waals surface area contributed by atoms with Crippen LogP contribution in [0.3, 0.4) is 0 Å². The van der Waals surface area contributed by atoms with Gasteiger partial charge in [0.15, 0.2) is 5.78 Å². The SMILES string of the molecule is O=C(c1cnccn1)C1CC(c2ccc(NC(=O)N3Cc4ccccc4C3)cc2)=CCN1. The first kappa shape index (κ1) is 20.1. The summed E-state index contributed by atoms with van der Waals surface area (Å²) in [7, 11) is 0. The van der Waals surface area contributed by atoms with Crippen molar-refractivity contribution in [2.45, 2.75) is 25.6 Å². The third kappa shape index (κ3) is 4.15. The van der Waals surface area contributed by atoms with Crippen molar-refractivity contribution >= 4 is 23.1 Å². The minimum Gasteiger partial charge on any atom is -0.316 e. The standard InChI is InChI=1S/C25H23N5O2/c31-24(23-14-26-11-12-28-23)22-13-18(9-10-27-22)17-5-7-21(8-6-17)29-25(32)30-15-19-3-1-2-4-20(19)16-30/h1-9,11-12,14,22,27H,10,13,15-16H2,(H,29,32). The molecule has 1 unspecified atom stereocenters. The highest BCUT2D eigenvalue weighted by molar-refractivity contribution is 5.99. The molecule has 1 atom stereocenters. The predicted octanol–water partition coefficient (Wildman–Crippen LogP) is 3.65. The number of hydrogen-bond donors (Lipinski definition) is 2. The number of aromatic nitrogens is 2. The molecule has 2 amide bonds. The summed E-state index contributed by atoms with van der Waals surface area (Å²) in [5.74, 6) is -0.0563. The van der Waals surface area contributed by atoms with Crippen molar-refractivity contribution in [2.24, 2.45) is 0 Å². The number of carbonyl (C=O) groups is 2. The van der Waals surface area contributed by atoms with E-state index in [9.17, 15) is 9.59 Å². The van der Waals surface area contributed by atoms with Crippen molar-refractivity contribution in [1.82, 2.24) is 20.2 Å². The number of carbonyl (C=O) groups excluding carboxylic acids is 2. The van der Waals surface area contributed by atoms with Gasteiger partial charge in [-0.25, -0.2) is 9.78 Å². The normalized spacial score (nSPS) is 17.4. The molecule has 2 aliphatic heterocycles. The predicted molar refractivity (Wildman–Crippen MR) is 122 cm³/mol. The summed E-state index contributed by atoms with van der Waals surface area (Å²) in [6, 6.07) is 15.5. The molecule has 1 aromatic heterocycles. The quantitative estimate of drug-likeness (QED) is 0.623. The molecule has 3 aromatic rings. The van der Waals surface area contributed by atoms with Crippen LogP contribution in [0.5, 0.6) is 0 Å². The number of Topliss-reactive ketones (excluding diaryl/α,β-unsaturated/α-hetero) is 1. The van der Waals surface area contributed by atoms with Crippen LogP contribution in [0.15, 0.2) is 73.2 Å². The van der Waals surface area contributed by atoms with Crippen LogP contribution < -0.4 is 10.6 Å². The number of rotatable bonds is 4. The molecule has 0 saturated heterocycles. The number of nitrogens with one attached hydrogen (secondary N) is 2. The zero-order valence-electron chi connectivity index (χ0n) is 17.5. The number of ketones is 1. The lowest BCUT2D eigenvalue weighted by Crippen LogP contribution is -2.40. The Morgan fingerprint density at radius 1 is 1.00 bits per heavy atom. The monoisotopic (exact) mass is 425 g/mol. The summed E-state index contributed by atoms with van der Waals surface area (Å²) < 4.78 is 0. The van der Waals surface area contributed by atoms with Gasteiger partial charge in [-0.2, -0.15) is 0 Å². The maximum Gasteiger partial charge on any atom is 0.322 e. The van der Waals surface area contributed by atoms with Crippen molar-refractivity contribution in [1.29, 1.82) is 0 Å². The summed E-state index contributed by atoms with van der Waals surface area (Å²) in [6.45, 7) is 1.86. The maximum atomic E-state index is 12.7. The summed E-state index contributed by atoms with van der Waals surface area (Å²) in [5.41, 5.74) is 5.64. The van der Waals surface area contributed by atoms with Gasteiger partial charge in [0.1, 0.15) is 5.69 Å². The van der Waals surface area contributed by atoms with E-state index in [0.717, 1.165) is 16.8 Å². The molecular formula is C25H23N5O2. The number of hydrogen-bond acceptors (Lipinski definition) is 5. The first-order chi connectivity index (χ1) is 15.7. The van der Waals surface area contributed by atoms with E-state index in [2.05, 4.69) is 38.8 Å². The van der Waals surface area contributed by atoms with Crippen LogP contribution in [0.4, 0.5) is 10.5 Å². The van der Waals surface area contributed by atoms with Crippen LogP contribution in [-0.2, 0) is 13.1 Å². The molecule has 160 valence electrons. The summed E-state index contributed by atoms with van der Waals surface area (Å²) >= 11 is 0. The number of amides is 2. The average Bonchev–Trinajstić information content (AvgIpc) is 3.29. The fourth-order valence-corrected chi connectivity index (χ4v) is 4.17. The van der Waals surface area contributed by atoms with Gasteiger partial charge in [0, 0.05) is 37.7 Å². The fraction of sp³-hybridized carbons (Fsp3) is 0.200. The minimum atomic E-state index is -0.331. The van der Waals surface area contributed by atoms with Crippen LogP contribution in [0, 0.1) is 0 Å². The number of urea groups is 1. The Hall–Kier alpha value is -3.84. The van der Waals surface area contributed by atoms with Gasteiger partial charge in [-0.3, -0.25) is 9.78 Å². The topological polar surface area (TPSA) is 87.2 Å². The zero-order chi connectivity index (χ0) is 21.9. The molecule has 32 heavy (non-hydrogen) atoms. The van der Waals surface area contributed by atoms with Gasteiger partial charge in [-0.15, -0.1) is 0 Å². The third-order valence-corrected chi connectivity index (χ3v) is 5.90. The number of anilines is 1. The first-order valence-electron chi connectivity index (χ1n) is 10.6. The summed E-state index contributed by atoms with van der Waals surface area (Å²) in [4.78, 5) is 35.3. The molecule has 2 aromatic carbocycles. The Morgan fingerprint density at radius 3 is 2.44 bits per heavy atom. The molecule has 0 aliphatic carbocycles. The van der Waals surface area contributed by atoms with Crippen molar-refractivity contribution in [3.05, 3.63) is 95.6 Å². The van der Waals surface area contributed by atoms with E-state index < -0.39 is 0 Å². The average molecular weight is 425 g/mol. The number of nitrogens with zero attached hydrogens (tertiary/aromatic N) is 3. The highest BCUT2D eigenvalue weighted by atomic mass is 16.2. The smallest absolute Gasteiger partial charge is 0.316 e. The highest BCUT2D eigenvalue weighted by Gasteiger charge is 2.25. The molecule has 5 rings (SSSR count). The van der Waals surface area contributed by atoms with Gasteiger partial charge in [-0.05, 0) is 40.8 Å². The van der Waals surface area contributed by atoms with Crippen LogP contribution >= 0.6 is 0 Å². The Bertz CT molecular complexity index is 1150. The van der Waals surface area contributed by atoms with E-state index in [1.807, 2.05) is 36.4 Å². The van der Waals surface area contributed by atoms with Crippen molar-refractivity contribution in [3.8, 4) is 0 Å². The van der Waals surface area contributed by atoms with Gasteiger partial charge < -0.3 is 15.5 Å². The van der Waals surface area contributed by atoms with E-state index in [-0.39, 0.29) is 17.9 Å². The zero-order valence-corrected chi connectivity index (χ0v) is 17.5. The second kappa shape index (κ2) is 8.72. The van der Waals surface area contributed by atoms with Gasteiger partial charge in [-0.1, -0.05) is 42.5 Å². The van der Waals surface area contributed by atoms with Gasteiger partial charge >= 0.3 is 6.03 Å². The molecular weight excluding hydrogens is 402 g/mol. The van der Waals surface area contributed by atoms with Crippen LogP contribution in [0.25, 0.3) is 5.57 Å². The molecule has 0 radical (unpaired) electrons. The molecule has 0 bridgehead atoms. The second-order valence-electron chi connectivity index (χ2n) is 7.98. The summed E-state index contributed by atoms with van der Waals surface area (Å²) in [6.07, 6.45) is 7.25. The molecule has 2 aliphatic rings. The van der Waals surface area contributed by atoms with Crippen molar-refractivity contribution < 1.29 is 9.59 Å². The Labute approximate surface area is 186 Å². The fourth-order valence-electron chi connectivity index (χ4n) is 4.17. The van der Waals surface area contributed by atoms with E-state index in [1.54, 1.807) is 11.1 Å². The second-order valence-corrected chi connectivity index (χ2v) is 7.98. The van der Waals surface area contributed by atoms with E-state index >= 15 is 0 Å². The Balaban J connectivity index is 1.22. The molecule has 7 heteroatoms. The summed E-state index contributed by atoms with van der Waals surface area (Å²) in [5, 5.41) is 6.22. The number of fused-ring (bicyclic) bond motifs is 1. The van der Waals surface area contributed by atoms with Crippen molar-refractivity contribution in [2.75, 3.05) is 11.9 Å². The Kier molecular flexibility index (Phi) is 5.47. The van der Waals surface area contributed by atoms with Crippen molar-refractivity contribution in [3.63, 3.8) is 0 Å². The third-order valence-electron chi connectivity index (χ3n) is 5.90. The largest absolute Gasteiger partial charge is 0.322 e. The van der Waals surface area contributed by atoms with E-state index in [0.29, 0.717) is 31.7 Å². The minimum absolute atomic E-state index is 0.0563. The van der Waals surface area contributed by atoms with Gasteiger partial charge in [0.2, 0.25) is 0 Å². The number of benzene rings is 2. The highest BCUT2D eigenvalue weighted by Crippen LogP contribution is 2.26. The molecule has 0 spiro atoms. The van der Waals surface area contributed by atoms with Crippen LogP contribution in [0.2, 0.25) is 0 Å². The molecule has 0 fully saturated rings. The maximum absolute atomic E-state index is 12.7. The van der Waals surface area contributed by atoms with E-state index in [1.165, 1.54) is 23.5 Å². The van der Waals surface area contributed by atoms with Gasteiger partial charge in [0.25, 0.3) is 0 Å². The molecule has 3 heterocycles.